The second-order valence-corrected chi connectivity index (χ2v) is 8.90. The second-order valence-electron chi connectivity index (χ2n) is 8.90. The summed E-state index contributed by atoms with van der Waals surface area (Å²) in [5.74, 6) is 0.697. The Labute approximate surface area is 193 Å². The fourth-order valence-electron chi connectivity index (χ4n) is 4.88. The number of aromatic nitrogens is 2. The lowest BCUT2D eigenvalue weighted by Gasteiger charge is -2.36. The van der Waals surface area contributed by atoms with Gasteiger partial charge in [0, 0.05) is 38.8 Å². The Morgan fingerprint density at radius 2 is 1.52 bits per heavy atom. The molecule has 33 heavy (non-hydrogen) atoms. The number of hydrogen-bond donors (Lipinski definition) is 0. The molecule has 0 spiro atoms. The molecule has 1 unspecified atom stereocenters. The highest BCUT2D eigenvalue weighted by Crippen LogP contribution is 2.25. The summed E-state index contributed by atoms with van der Waals surface area (Å²) in [6.45, 7) is 5.29. The van der Waals surface area contributed by atoms with Crippen molar-refractivity contribution in [3.05, 3.63) is 47.5 Å². The topological polar surface area (TPSA) is 90.0 Å². The molecule has 9 nitrogen and oxygen atoms in total. The maximum atomic E-state index is 12.8. The zero-order valence-electron chi connectivity index (χ0n) is 18.8. The Kier molecular flexibility index (Phi) is 5.70. The molecule has 2 aromatic rings. The number of rotatable bonds is 4. The van der Waals surface area contributed by atoms with E-state index in [0.717, 1.165) is 23.1 Å². The highest BCUT2D eigenvalue weighted by Gasteiger charge is 2.37. The second kappa shape index (κ2) is 8.80. The predicted octanol–water partition coefficient (Wildman–Crippen LogP) is 1.80. The highest BCUT2D eigenvalue weighted by atomic mass is 16.2. The van der Waals surface area contributed by atoms with Crippen LogP contribution < -0.4 is 9.80 Å². The molecule has 0 radical (unpaired) electrons. The molecule has 1 aromatic carbocycles. The molecule has 0 bridgehead atoms. The van der Waals surface area contributed by atoms with E-state index in [2.05, 4.69) is 26.9 Å². The van der Waals surface area contributed by atoms with E-state index in [4.69, 9.17) is 0 Å². The molecular formula is C24H28N6O3. The molecular weight excluding hydrogens is 420 g/mol. The monoisotopic (exact) mass is 448 g/mol. The summed E-state index contributed by atoms with van der Waals surface area (Å²) >= 11 is 0. The Morgan fingerprint density at radius 1 is 0.879 bits per heavy atom. The first-order chi connectivity index (χ1) is 16.0. The number of piperidine rings is 1. The standard InChI is InChI=1S/C24H28N6O3/c1-17-6-4-5-11-29(17)21-10-9-20(25-26-21)27-12-14-28(15-13-27)22(31)16-30-23(32)18-7-2-3-8-19(18)24(30)33/h2-3,7-10,17H,4-6,11-16H2,1H3. The minimum atomic E-state index is -0.402. The zero-order chi connectivity index (χ0) is 22.9. The summed E-state index contributed by atoms with van der Waals surface area (Å²) in [5, 5.41) is 8.90. The summed E-state index contributed by atoms with van der Waals surface area (Å²) in [4.78, 5) is 45.1. The molecule has 172 valence electrons. The van der Waals surface area contributed by atoms with E-state index in [0.29, 0.717) is 43.3 Å². The third-order valence-electron chi connectivity index (χ3n) is 6.86. The van der Waals surface area contributed by atoms with Crippen LogP contribution in [0.3, 0.4) is 0 Å². The van der Waals surface area contributed by atoms with E-state index in [9.17, 15) is 14.4 Å². The van der Waals surface area contributed by atoms with Gasteiger partial charge >= 0.3 is 0 Å². The summed E-state index contributed by atoms with van der Waals surface area (Å²) in [7, 11) is 0. The van der Waals surface area contributed by atoms with E-state index >= 15 is 0 Å². The third-order valence-corrected chi connectivity index (χ3v) is 6.86. The maximum absolute atomic E-state index is 12.8. The lowest BCUT2D eigenvalue weighted by molar-refractivity contribution is -0.131. The van der Waals surface area contributed by atoms with Crippen LogP contribution in [-0.2, 0) is 4.79 Å². The smallest absolute Gasteiger partial charge is 0.262 e. The van der Waals surface area contributed by atoms with Gasteiger partial charge in [-0.05, 0) is 50.5 Å². The number of piperazine rings is 1. The van der Waals surface area contributed by atoms with Crippen LogP contribution in [0.25, 0.3) is 0 Å². The largest absolute Gasteiger partial charge is 0.352 e. The van der Waals surface area contributed by atoms with Crippen molar-refractivity contribution in [2.24, 2.45) is 0 Å². The van der Waals surface area contributed by atoms with Gasteiger partial charge in [0.25, 0.3) is 11.8 Å². The molecule has 0 saturated carbocycles. The van der Waals surface area contributed by atoms with Gasteiger partial charge in [0.1, 0.15) is 6.54 Å². The SMILES string of the molecule is CC1CCCCN1c1ccc(N2CCN(C(=O)CN3C(=O)c4ccccc4C3=O)CC2)nn1. The van der Waals surface area contributed by atoms with Crippen molar-refractivity contribution in [1.82, 2.24) is 20.0 Å². The molecule has 1 aromatic heterocycles. The van der Waals surface area contributed by atoms with Crippen LogP contribution in [0.15, 0.2) is 36.4 Å². The van der Waals surface area contributed by atoms with Crippen LogP contribution in [0.5, 0.6) is 0 Å². The summed E-state index contributed by atoms with van der Waals surface area (Å²) in [5.41, 5.74) is 0.724. The van der Waals surface area contributed by atoms with E-state index in [1.54, 1.807) is 29.2 Å². The minimum Gasteiger partial charge on any atom is -0.352 e. The van der Waals surface area contributed by atoms with Crippen molar-refractivity contribution in [1.29, 1.82) is 0 Å². The molecule has 9 heteroatoms. The van der Waals surface area contributed by atoms with Crippen LogP contribution in [0.2, 0.25) is 0 Å². The average molecular weight is 449 g/mol. The molecule has 4 heterocycles. The Hall–Kier alpha value is -3.49. The lowest BCUT2D eigenvalue weighted by Crippen LogP contribution is -2.52. The normalized spacial score (nSPS) is 20.9. The average Bonchev–Trinajstić information content (AvgIpc) is 3.09. The molecule has 0 aliphatic carbocycles. The first-order valence-corrected chi connectivity index (χ1v) is 11.6. The van der Waals surface area contributed by atoms with Gasteiger partial charge in [-0.1, -0.05) is 12.1 Å². The number of amides is 3. The number of carbonyl (C=O) groups is 3. The molecule has 3 aliphatic rings. The van der Waals surface area contributed by atoms with Gasteiger partial charge in [-0.3, -0.25) is 19.3 Å². The summed E-state index contributed by atoms with van der Waals surface area (Å²) < 4.78 is 0. The third kappa shape index (κ3) is 4.03. The van der Waals surface area contributed by atoms with Crippen LogP contribution in [-0.4, -0.2) is 83.0 Å². The number of anilines is 2. The number of benzene rings is 1. The molecule has 3 amide bonds. The highest BCUT2D eigenvalue weighted by molar-refractivity contribution is 6.22. The van der Waals surface area contributed by atoms with Crippen molar-refractivity contribution < 1.29 is 14.4 Å². The van der Waals surface area contributed by atoms with Crippen molar-refractivity contribution in [2.45, 2.75) is 32.2 Å². The fourth-order valence-corrected chi connectivity index (χ4v) is 4.88. The number of carbonyl (C=O) groups excluding carboxylic acids is 3. The number of fused-ring (bicyclic) bond motifs is 1. The summed E-state index contributed by atoms with van der Waals surface area (Å²) in [6, 6.07) is 11.2. The molecule has 5 rings (SSSR count). The van der Waals surface area contributed by atoms with Crippen LogP contribution in [0, 0.1) is 0 Å². The van der Waals surface area contributed by atoms with Crippen molar-refractivity contribution >= 4 is 29.4 Å². The van der Waals surface area contributed by atoms with Gasteiger partial charge in [-0.2, -0.15) is 0 Å². The van der Waals surface area contributed by atoms with Crippen molar-refractivity contribution in [2.75, 3.05) is 49.1 Å². The molecule has 3 aliphatic heterocycles. The van der Waals surface area contributed by atoms with Gasteiger partial charge in [0.05, 0.1) is 11.1 Å². The van der Waals surface area contributed by atoms with Crippen LogP contribution in [0.1, 0.15) is 46.9 Å². The van der Waals surface area contributed by atoms with Crippen LogP contribution in [0.4, 0.5) is 11.6 Å². The molecule has 2 fully saturated rings. The van der Waals surface area contributed by atoms with Crippen molar-refractivity contribution in [3.8, 4) is 0 Å². The van der Waals surface area contributed by atoms with E-state index in [-0.39, 0.29) is 12.5 Å². The number of imide groups is 1. The van der Waals surface area contributed by atoms with Gasteiger partial charge in [-0.25, -0.2) is 0 Å². The fraction of sp³-hybridized carbons (Fsp3) is 0.458. The molecule has 1 atom stereocenters. The Morgan fingerprint density at radius 3 is 2.12 bits per heavy atom. The van der Waals surface area contributed by atoms with Gasteiger partial charge in [0.15, 0.2) is 11.6 Å². The Balaban J connectivity index is 1.16. The number of hydrogen-bond acceptors (Lipinski definition) is 7. The first-order valence-electron chi connectivity index (χ1n) is 11.6. The minimum absolute atomic E-state index is 0.218. The van der Waals surface area contributed by atoms with Gasteiger partial charge < -0.3 is 14.7 Å². The van der Waals surface area contributed by atoms with Crippen molar-refractivity contribution in [3.63, 3.8) is 0 Å². The van der Waals surface area contributed by atoms with Gasteiger partial charge in [-0.15, -0.1) is 10.2 Å². The first kappa shape index (κ1) is 21.4. The lowest BCUT2D eigenvalue weighted by atomic mass is 10.0. The zero-order valence-corrected chi connectivity index (χ0v) is 18.8. The Bertz CT molecular complexity index is 1030. The van der Waals surface area contributed by atoms with Gasteiger partial charge in [0.2, 0.25) is 5.91 Å². The van der Waals surface area contributed by atoms with Crippen LogP contribution >= 0.6 is 0 Å². The number of nitrogens with zero attached hydrogens (tertiary/aromatic N) is 6. The maximum Gasteiger partial charge on any atom is 0.262 e. The molecule has 0 N–H and O–H groups in total. The summed E-state index contributed by atoms with van der Waals surface area (Å²) in [6.07, 6.45) is 3.63. The molecule has 2 saturated heterocycles. The predicted molar refractivity (Wildman–Crippen MR) is 123 cm³/mol. The van der Waals surface area contributed by atoms with E-state index in [1.165, 1.54) is 19.3 Å². The van der Waals surface area contributed by atoms with E-state index < -0.39 is 11.8 Å². The van der Waals surface area contributed by atoms with E-state index in [1.807, 2.05) is 12.1 Å². The quantitative estimate of drug-likeness (QED) is 0.659.